The van der Waals surface area contributed by atoms with E-state index >= 15 is 0 Å². The molecule has 2 N–H and O–H groups in total. The minimum absolute atomic E-state index is 0. The first kappa shape index (κ1) is 18.5. The molecule has 3 rings (SSSR count). The number of carbonyl (C=O) groups is 1. The van der Waals surface area contributed by atoms with E-state index < -0.39 is 4.92 Å². The van der Waals surface area contributed by atoms with Crippen LogP contribution in [0.5, 0.6) is 5.75 Å². The molecule has 2 saturated heterocycles. The van der Waals surface area contributed by atoms with Gasteiger partial charge in [-0.05, 0) is 43.7 Å². The van der Waals surface area contributed by atoms with E-state index in [-0.39, 0.29) is 29.8 Å². The topological polar surface area (TPSA) is 93.5 Å². The first-order valence-electron chi connectivity index (χ1n) is 7.93. The Hall–Kier alpha value is -1.86. The number of nitrogens with one attached hydrogen (secondary N) is 2. The summed E-state index contributed by atoms with van der Waals surface area (Å²) in [7, 11) is 1.38. The third kappa shape index (κ3) is 4.15. The molecule has 2 unspecified atom stereocenters. The standard InChI is InChI=1S/C16H21N3O4.ClH/c1-23-15-5-4-13(9-14(15)19(21)22)18-16(20)8-10-6-11-2-3-12(7-10)17-11;/h4-5,9-12,17H,2-3,6-8H2,1H3,(H,18,20);1H. The molecule has 2 atom stereocenters. The molecular weight excluding hydrogens is 334 g/mol. The van der Waals surface area contributed by atoms with Crippen LogP contribution in [0.15, 0.2) is 18.2 Å². The Labute approximate surface area is 146 Å². The van der Waals surface area contributed by atoms with Gasteiger partial charge in [-0.1, -0.05) is 0 Å². The van der Waals surface area contributed by atoms with Gasteiger partial charge in [-0.25, -0.2) is 0 Å². The van der Waals surface area contributed by atoms with Gasteiger partial charge in [0.15, 0.2) is 5.75 Å². The van der Waals surface area contributed by atoms with E-state index in [0.717, 1.165) is 12.8 Å². The molecule has 0 spiro atoms. The predicted molar refractivity (Wildman–Crippen MR) is 92.8 cm³/mol. The first-order valence-corrected chi connectivity index (χ1v) is 7.93. The number of benzene rings is 1. The Kier molecular flexibility index (Phi) is 6.01. The Morgan fingerprint density at radius 2 is 2.04 bits per heavy atom. The Bertz CT molecular complexity index is 613. The second-order valence-corrected chi connectivity index (χ2v) is 6.37. The maximum atomic E-state index is 12.2. The van der Waals surface area contributed by atoms with Crippen molar-refractivity contribution in [3.05, 3.63) is 28.3 Å². The van der Waals surface area contributed by atoms with E-state index in [9.17, 15) is 14.9 Å². The number of halogens is 1. The molecule has 2 aliphatic heterocycles. The van der Waals surface area contributed by atoms with Crippen LogP contribution in [-0.2, 0) is 4.79 Å². The summed E-state index contributed by atoms with van der Waals surface area (Å²) in [6.07, 6.45) is 4.94. The Morgan fingerprint density at radius 3 is 2.62 bits per heavy atom. The molecule has 0 aromatic heterocycles. The van der Waals surface area contributed by atoms with Gasteiger partial charge in [0.1, 0.15) is 0 Å². The van der Waals surface area contributed by atoms with Crippen LogP contribution >= 0.6 is 12.4 Å². The van der Waals surface area contributed by atoms with Crippen LogP contribution in [-0.4, -0.2) is 30.0 Å². The highest BCUT2D eigenvalue weighted by Crippen LogP contribution is 2.33. The van der Waals surface area contributed by atoms with Gasteiger partial charge < -0.3 is 15.4 Å². The highest BCUT2D eigenvalue weighted by molar-refractivity contribution is 5.91. The van der Waals surface area contributed by atoms with Crippen LogP contribution in [0.4, 0.5) is 11.4 Å². The zero-order valence-corrected chi connectivity index (χ0v) is 14.3. The number of fused-ring (bicyclic) bond motifs is 2. The summed E-state index contributed by atoms with van der Waals surface area (Å²) in [5, 5.41) is 17.3. The van der Waals surface area contributed by atoms with E-state index in [4.69, 9.17) is 4.74 Å². The normalized spacial score (nSPS) is 24.8. The van der Waals surface area contributed by atoms with Crippen molar-refractivity contribution in [2.75, 3.05) is 12.4 Å². The lowest BCUT2D eigenvalue weighted by Gasteiger charge is -2.28. The number of carbonyl (C=O) groups excluding carboxylic acids is 1. The third-order valence-electron chi connectivity index (χ3n) is 4.70. The van der Waals surface area contributed by atoms with Crippen molar-refractivity contribution in [2.45, 2.75) is 44.2 Å². The van der Waals surface area contributed by atoms with Gasteiger partial charge in [0.25, 0.3) is 0 Å². The van der Waals surface area contributed by atoms with Crippen LogP contribution in [0.2, 0.25) is 0 Å². The quantitative estimate of drug-likeness (QED) is 0.625. The summed E-state index contributed by atoms with van der Waals surface area (Å²) in [5.41, 5.74) is 0.282. The van der Waals surface area contributed by atoms with E-state index in [0.29, 0.717) is 30.1 Å². The van der Waals surface area contributed by atoms with Crippen LogP contribution in [0.25, 0.3) is 0 Å². The number of nitro benzene ring substituents is 1. The number of hydrogen-bond acceptors (Lipinski definition) is 5. The van der Waals surface area contributed by atoms with Gasteiger partial charge in [-0.3, -0.25) is 14.9 Å². The number of rotatable bonds is 5. The fraction of sp³-hybridized carbons (Fsp3) is 0.562. The summed E-state index contributed by atoms with van der Waals surface area (Å²) < 4.78 is 4.96. The second kappa shape index (κ2) is 7.81. The van der Waals surface area contributed by atoms with E-state index in [1.54, 1.807) is 6.07 Å². The number of amides is 1. The molecule has 2 heterocycles. The third-order valence-corrected chi connectivity index (χ3v) is 4.70. The van der Waals surface area contributed by atoms with Crippen LogP contribution < -0.4 is 15.4 Å². The lowest BCUT2D eigenvalue weighted by molar-refractivity contribution is -0.385. The van der Waals surface area contributed by atoms with Crippen LogP contribution in [0.3, 0.4) is 0 Å². The molecule has 8 heteroatoms. The number of anilines is 1. The van der Waals surface area contributed by atoms with Crippen molar-refractivity contribution >= 4 is 29.7 Å². The zero-order valence-electron chi connectivity index (χ0n) is 13.5. The van der Waals surface area contributed by atoms with Crippen LogP contribution in [0.1, 0.15) is 32.1 Å². The van der Waals surface area contributed by atoms with Crippen molar-refractivity contribution < 1.29 is 14.5 Å². The summed E-state index contributed by atoms with van der Waals surface area (Å²) in [6.45, 7) is 0. The molecule has 2 bridgehead atoms. The smallest absolute Gasteiger partial charge is 0.312 e. The summed E-state index contributed by atoms with van der Waals surface area (Å²) in [6, 6.07) is 5.55. The zero-order chi connectivity index (χ0) is 16.4. The summed E-state index contributed by atoms with van der Waals surface area (Å²) in [4.78, 5) is 22.7. The largest absolute Gasteiger partial charge is 0.490 e. The number of piperidine rings is 1. The molecular formula is C16H22ClN3O4. The van der Waals surface area contributed by atoms with Gasteiger partial charge in [-0.15, -0.1) is 12.4 Å². The highest BCUT2D eigenvalue weighted by atomic mass is 35.5. The maximum Gasteiger partial charge on any atom is 0.312 e. The molecule has 1 aromatic rings. The molecule has 0 saturated carbocycles. The fourth-order valence-corrected chi connectivity index (χ4v) is 3.73. The van der Waals surface area contributed by atoms with Crippen molar-refractivity contribution in [2.24, 2.45) is 5.92 Å². The van der Waals surface area contributed by atoms with E-state index in [1.165, 1.54) is 32.1 Å². The maximum absolute atomic E-state index is 12.2. The summed E-state index contributed by atoms with van der Waals surface area (Å²) >= 11 is 0. The van der Waals surface area contributed by atoms with Gasteiger partial charge in [0.05, 0.1) is 12.0 Å². The number of nitro groups is 1. The summed E-state index contributed by atoms with van der Waals surface area (Å²) in [5.74, 6) is 0.487. The monoisotopic (exact) mass is 355 g/mol. The fourth-order valence-electron chi connectivity index (χ4n) is 3.73. The molecule has 132 valence electrons. The molecule has 0 aliphatic carbocycles. The molecule has 0 radical (unpaired) electrons. The van der Waals surface area contributed by atoms with Crippen LogP contribution in [0, 0.1) is 16.0 Å². The minimum Gasteiger partial charge on any atom is -0.490 e. The van der Waals surface area contributed by atoms with Gasteiger partial charge in [0, 0.05) is 30.3 Å². The minimum atomic E-state index is -0.515. The van der Waals surface area contributed by atoms with Crippen molar-refractivity contribution in [1.82, 2.24) is 5.32 Å². The SMILES string of the molecule is COc1ccc(NC(=O)CC2CC3CCC(C2)N3)cc1[N+](=O)[O-].Cl. The molecule has 7 nitrogen and oxygen atoms in total. The number of methoxy groups -OCH3 is 1. The number of ether oxygens (including phenoxy) is 1. The Balaban J connectivity index is 0.00000208. The molecule has 1 amide bonds. The number of nitrogens with zero attached hydrogens (tertiary/aromatic N) is 1. The Morgan fingerprint density at radius 1 is 1.38 bits per heavy atom. The van der Waals surface area contributed by atoms with Crippen molar-refractivity contribution in [3.63, 3.8) is 0 Å². The number of hydrogen-bond donors (Lipinski definition) is 2. The first-order chi connectivity index (χ1) is 11.0. The predicted octanol–water partition coefficient (Wildman–Crippen LogP) is 2.88. The second-order valence-electron chi connectivity index (χ2n) is 6.37. The van der Waals surface area contributed by atoms with Gasteiger partial charge in [0.2, 0.25) is 5.91 Å². The highest BCUT2D eigenvalue weighted by Gasteiger charge is 2.34. The molecule has 2 fully saturated rings. The lowest BCUT2D eigenvalue weighted by atomic mass is 9.89. The average molecular weight is 356 g/mol. The molecule has 2 aliphatic rings. The lowest BCUT2D eigenvalue weighted by Crippen LogP contribution is -2.39. The van der Waals surface area contributed by atoms with E-state index in [1.807, 2.05) is 0 Å². The molecule has 1 aromatic carbocycles. The van der Waals surface area contributed by atoms with Crippen molar-refractivity contribution in [3.8, 4) is 5.75 Å². The molecule has 24 heavy (non-hydrogen) atoms. The van der Waals surface area contributed by atoms with Gasteiger partial charge in [-0.2, -0.15) is 0 Å². The van der Waals surface area contributed by atoms with Crippen molar-refractivity contribution in [1.29, 1.82) is 0 Å². The van der Waals surface area contributed by atoms with Gasteiger partial charge >= 0.3 is 5.69 Å². The average Bonchev–Trinajstić information content (AvgIpc) is 2.85. The van der Waals surface area contributed by atoms with E-state index in [2.05, 4.69) is 10.6 Å².